The van der Waals surface area contributed by atoms with Crippen LogP contribution in [0.15, 0.2) is 59.5 Å². The number of rotatable bonds is 3. The van der Waals surface area contributed by atoms with Crippen molar-refractivity contribution in [2.75, 3.05) is 25.0 Å². The Morgan fingerprint density at radius 1 is 1.11 bits per heavy atom. The largest absolute Gasteiger partial charge is 0.322 e. The van der Waals surface area contributed by atoms with Crippen LogP contribution in [0.3, 0.4) is 0 Å². The molecular formula is C19H20N4O3S. The summed E-state index contributed by atoms with van der Waals surface area (Å²) in [6, 6.07) is 16.3. The Kier molecular flexibility index (Phi) is 5.44. The van der Waals surface area contributed by atoms with E-state index < -0.39 is 10.0 Å². The molecule has 1 aliphatic heterocycles. The van der Waals surface area contributed by atoms with Crippen molar-refractivity contribution < 1.29 is 13.2 Å². The van der Waals surface area contributed by atoms with Gasteiger partial charge < -0.3 is 10.2 Å². The van der Waals surface area contributed by atoms with Crippen LogP contribution in [-0.2, 0) is 10.0 Å². The van der Waals surface area contributed by atoms with E-state index in [-0.39, 0.29) is 23.5 Å². The van der Waals surface area contributed by atoms with E-state index in [0.717, 1.165) is 0 Å². The third kappa shape index (κ3) is 4.10. The molecule has 0 radical (unpaired) electrons. The molecule has 1 fully saturated rings. The average molecular weight is 384 g/mol. The number of anilines is 1. The van der Waals surface area contributed by atoms with Gasteiger partial charge in [-0.3, -0.25) is 0 Å². The minimum absolute atomic E-state index is 0.149. The molecule has 0 spiro atoms. The lowest BCUT2D eigenvalue weighted by Gasteiger charge is -2.38. The van der Waals surface area contributed by atoms with Gasteiger partial charge >= 0.3 is 6.03 Å². The summed E-state index contributed by atoms with van der Waals surface area (Å²) >= 11 is 0. The second kappa shape index (κ2) is 7.78. The number of carbonyl (C=O) groups is 1. The maximum absolute atomic E-state index is 12.9. The van der Waals surface area contributed by atoms with Gasteiger partial charge in [0.05, 0.1) is 16.5 Å². The maximum atomic E-state index is 12.9. The maximum Gasteiger partial charge on any atom is 0.321 e. The molecule has 7 nitrogen and oxygen atoms in total. The Morgan fingerprint density at radius 3 is 2.37 bits per heavy atom. The minimum atomic E-state index is -3.68. The predicted molar refractivity (Wildman–Crippen MR) is 102 cm³/mol. The van der Waals surface area contributed by atoms with Crippen LogP contribution in [0.1, 0.15) is 12.5 Å². The quantitative estimate of drug-likeness (QED) is 0.880. The Labute approximate surface area is 158 Å². The molecule has 8 heteroatoms. The molecule has 3 rings (SSSR count). The van der Waals surface area contributed by atoms with Gasteiger partial charge in [0.2, 0.25) is 10.0 Å². The van der Waals surface area contributed by atoms with Crippen LogP contribution in [0.5, 0.6) is 0 Å². The zero-order valence-corrected chi connectivity index (χ0v) is 15.7. The van der Waals surface area contributed by atoms with Crippen molar-refractivity contribution in [3.8, 4) is 6.07 Å². The molecule has 0 aliphatic carbocycles. The zero-order chi connectivity index (χ0) is 19.4. The number of hydrogen-bond donors (Lipinski definition) is 1. The van der Waals surface area contributed by atoms with Gasteiger partial charge in [-0.25, -0.2) is 13.2 Å². The van der Waals surface area contributed by atoms with Crippen LogP contribution in [0, 0.1) is 11.3 Å². The number of piperazine rings is 1. The summed E-state index contributed by atoms with van der Waals surface area (Å²) in [4.78, 5) is 14.2. The highest BCUT2D eigenvalue weighted by molar-refractivity contribution is 7.89. The number of benzene rings is 2. The fraction of sp³-hybridized carbons (Fsp3) is 0.263. The van der Waals surface area contributed by atoms with Crippen molar-refractivity contribution >= 4 is 21.7 Å². The van der Waals surface area contributed by atoms with Crippen molar-refractivity contribution in [3.63, 3.8) is 0 Å². The SMILES string of the molecule is C[C@H]1CN(C(=O)Nc2ccccc2)CCN1S(=O)(=O)c1ccc(C#N)cc1. The molecule has 0 bridgehead atoms. The van der Waals surface area contributed by atoms with Crippen molar-refractivity contribution in [1.29, 1.82) is 5.26 Å². The Morgan fingerprint density at radius 2 is 1.78 bits per heavy atom. The first-order chi connectivity index (χ1) is 12.9. The summed E-state index contributed by atoms with van der Waals surface area (Å²) in [5, 5.41) is 11.7. The molecule has 27 heavy (non-hydrogen) atoms. The van der Waals surface area contributed by atoms with E-state index in [2.05, 4.69) is 5.32 Å². The van der Waals surface area contributed by atoms with Crippen LogP contribution in [-0.4, -0.2) is 49.3 Å². The van der Waals surface area contributed by atoms with E-state index in [4.69, 9.17) is 5.26 Å². The summed E-state index contributed by atoms with van der Waals surface area (Å²) in [6.45, 7) is 2.60. The van der Waals surface area contributed by atoms with E-state index in [9.17, 15) is 13.2 Å². The summed E-state index contributed by atoms with van der Waals surface area (Å²) < 4.78 is 27.2. The normalized spacial score (nSPS) is 17.9. The van der Waals surface area contributed by atoms with Crippen LogP contribution in [0.2, 0.25) is 0 Å². The summed E-state index contributed by atoms with van der Waals surface area (Å²) in [5.41, 5.74) is 1.10. The fourth-order valence-corrected chi connectivity index (χ4v) is 4.66. The molecule has 140 valence electrons. The van der Waals surface area contributed by atoms with Gasteiger partial charge in [0.1, 0.15) is 0 Å². The lowest BCUT2D eigenvalue weighted by molar-refractivity contribution is 0.157. The molecule has 0 unspecified atom stereocenters. The summed E-state index contributed by atoms with van der Waals surface area (Å²) in [7, 11) is -3.68. The highest BCUT2D eigenvalue weighted by Crippen LogP contribution is 2.22. The van der Waals surface area contributed by atoms with E-state index in [1.54, 1.807) is 24.0 Å². The van der Waals surface area contributed by atoms with Crippen LogP contribution in [0.25, 0.3) is 0 Å². The van der Waals surface area contributed by atoms with Gasteiger partial charge in [0.25, 0.3) is 0 Å². The number of carbonyl (C=O) groups excluding carboxylic acids is 1. The number of urea groups is 1. The molecule has 1 aliphatic rings. The summed E-state index contributed by atoms with van der Waals surface area (Å²) in [5.74, 6) is 0. The molecule has 1 atom stereocenters. The fourth-order valence-electron chi connectivity index (χ4n) is 3.04. The van der Waals surface area contributed by atoms with E-state index in [1.165, 1.54) is 28.6 Å². The van der Waals surface area contributed by atoms with Crippen molar-refractivity contribution in [2.24, 2.45) is 0 Å². The molecule has 2 amide bonds. The highest BCUT2D eigenvalue weighted by atomic mass is 32.2. The number of hydrogen-bond acceptors (Lipinski definition) is 4. The minimum Gasteiger partial charge on any atom is -0.322 e. The van der Waals surface area contributed by atoms with Crippen LogP contribution in [0.4, 0.5) is 10.5 Å². The van der Waals surface area contributed by atoms with E-state index >= 15 is 0 Å². The predicted octanol–water partition coefficient (Wildman–Crippen LogP) is 2.49. The first-order valence-electron chi connectivity index (χ1n) is 8.55. The van der Waals surface area contributed by atoms with Gasteiger partial charge in [-0.05, 0) is 43.3 Å². The third-order valence-electron chi connectivity index (χ3n) is 4.47. The third-order valence-corrected chi connectivity index (χ3v) is 6.50. The van der Waals surface area contributed by atoms with Gasteiger partial charge in [-0.15, -0.1) is 0 Å². The van der Waals surface area contributed by atoms with E-state index in [1.807, 2.05) is 24.3 Å². The average Bonchev–Trinajstić information content (AvgIpc) is 2.68. The monoisotopic (exact) mass is 384 g/mol. The van der Waals surface area contributed by atoms with Crippen molar-refractivity contribution in [1.82, 2.24) is 9.21 Å². The molecule has 2 aromatic rings. The van der Waals surface area contributed by atoms with Crippen molar-refractivity contribution in [2.45, 2.75) is 17.9 Å². The molecule has 0 saturated carbocycles. The second-order valence-electron chi connectivity index (χ2n) is 6.34. The lowest BCUT2D eigenvalue weighted by Crippen LogP contribution is -2.56. The molecule has 2 aromatic carbocycles. The molecular weight excluding hydrogens is 364 g/mol. The first kappa shape index (κ1) is 18.9. The molecule has 1 saturated heterocycles. The Bertz CT molecular complexity index is 953. The van der Waals surface area contributed by atoms with Crippen LogP contribution >= 0.6 is 0 Å². The number of amides is 2. The molecule has 1 N–H and O–H groups in total. The molecule has 1 heterocycles. The molecule has 0 aromatic heterocycles. The number of nitrogens with one attached hydrogen (secondary N) is 1. The number of para-hydroxylation sites is 1. The Balaban J connectivity index is 1.68. The number of sulfonamides is 1. The lowest BCUT2D eigenvalue weighted by atomic mass is 10.2. The highest BCUT2D eigenvalue weighted by Gasteiger charge is 2.35. The van der Waals surface area contributed by atoms with E-state index in [0.29, 0.717) is 24.3 Å². The second-order valence-corrected chi connectivity index (χ2v) is 8.23. The zero-order valence-electron chi connectivity index (χ0n) is 14.9. The van der Waals surface area contributed by atoms with Crippen LogP contribution < -0.4 is 5.32 Å². The number of nitrogens with zero attached hydrogens (tertiary/aromatic N) is 3. The first-order valence-corrected chi connectivity index (χ1v) is 9.99. The Hall–Kier alpha value is -2.89. The van der Waals surface area contributed by atoms with Gasteiger partial charge in [-0.2, -0.15) is 9.57 Å². The standard InChI is InChI=1S/C19H20N4O3S/c1-15-14-22(19(24)21-17-5-3-2-4-6-17)11-12-23(15)27(25,26)18-9-7-16(13-20)8-10-18/h2-10,15H,11-12,14H2,1H3,(H,21,24)/t15-/m0/s1. The van der Waals surface area contributed by atoms with Gasteiger partial charge in [0, 0.05) is 31.4 Å². The van der Waals surface area contributed by atoms with Gasteiger partial charge in [-0.1, -0.05) is 18.2 Å². The number of nitriles is 1. The van der Waals surface area contributed by atoms with Gasteiger partial charge in [0.15, 0.2) is 0 Å². The topological polar surface area (TPSA) is 93.5 Å². The smallest absolute Gasteiger partial charge is 0.321 e. The van der Waals surface area contributed by atoms with Crippen molar-refractivity contribution in [3.05, 3.63) is 60.2 Å². The summed E-state index contributed by atoms with van der Waals surface area (Å²) in [6.07, 6.45) is 0.